The summed E-state index contributed by atoms with van der Waals surface area (Å²) in [5.41, 5.74) is 2.30. The lowest BCUT2D eigenvalue weighted by molar-refractivity contribution is -1.01. The molecule has 2 fully saturated rings. The number of hydrogen-bond acceptors (Lipinski definition) is 1. The molecule has 2 aliphatic heterocycles. The summed E-state index contributed by atoms with van der Waals surface area (Å²) in [6.07, 6.45) is -0.396. The number of piperidine rings is 2. The van der Waals surface area contributed by atoms with Crippen LogP contribution in [0.25, 0.3) is 0 Å². The number of quaternary nitrogens is 2. The second kappa shape index (κ2) is 7.19. The van der Waals surface area contributed by atoms with E-state index in [0.717, 1.165) is 26.2 Å². The smallest absolute Gasteiger partial charge is 0.120 e. The van der Waals surface area contributed by atoms with E-state index in [-0.39, 0.29) is 21.9 Å². The molecule has 0 aromatic heterocycles. The highest BCUT2D eigenvalue weighted by Crippen LogP contribution is 2.43. The Bertz CT molecular complexity index is 778. The zero-order valence-corrected chi connectivity index (χ0v) is 19.6. The van der Waals surface area contributed by atoms with Gasteiger partial charge in [0.05, 0.1) is 43.4 Å². The van der Waals surface area contributed by atoms with Crippen molar-refractivity contribution in [2.75, 3.05) is 26.2 Å². The first-order valence-corrected chi connectivity index (χ1v) is 11.5. The standard InChI is InChI=1S/C27H38N2O/c1-24(2,3)28-17-26(21-13-9-7-10-14-21)19-29(25(4,5)6)20-27(18-28,23(26)30)22-15-11-8-12-16-22/h7-16,23,30H,17-20H2,1-6H3/p+2. The molecule has 0 saturated carbocycles. The van der Waals surface area contributed by atoms with Gasteiger partial charge >= 0.3 is 0 Å². The second-order valence-corrected chi connectivity index (χ2v) is 11.9. The number of fused-ring (bicyclic) bond motifs is 2. The van der Waals surface area contributed by atoms with E-state index in [1.54, 1.807) is 9.80 Å². The Morgan fingerprint density at radius 3 is 1.20 bits per heavy atom. The minimum Gasteiger partial charge on any atom is -0.390 e. The summed E-state index contributed by atoms with van der Waals surface area (Å²) < 4.78 is 0. The van der Waals surface area contributed by atoms with Gasteiger partial charge in [-0.25, -0.2) is 0 Å². The van der Waals surface area contributed by atoms with E-state index in [4.69, 9.17) is 0 Å². The van der Waals surface area contributed by atoms with Crippen LogP contribution in [-0.2, 0) is 10.8 Å². The Labute approximate surface area is 182 Å². The molecule has 3 nitrogen and oxygen atoms in total. The highest BCUT2D eigenvalue weighted by atomic mass is 16.3. The third-order valence-corrected chi connectivity index (χ3v) is 7.98. The van der Waals surface area contributed by atoms with Crippen molar-refractivity contribution in [3.63, 3.8) is 0 Å². The van der Waals surface area contributed by atoms with Crippen LogP contribution in [0.5, 0.6) is 0 Å². The van der Waals surface area contributed by atoms with Gasteiger partial charge < -0.3 is 14.9 Å². The van der Waals surface area contributed by atoms with Crippen LogP contribution in [0.2, 0.25) is 0 Å². The van der Waals surface area contributed by atoms with Crippen LogP contribution in [0.15, 0.2) is 60.7 Å². The van der Waals surface area contributed by atoms with Gasteiger partial charge in [-0.2, -0.15) is 0 Å². The van der Waals surface area contributed by atoms with Crippen molar-refractivity contribution in [1.29, 1.82) is 0 Å². The van der Waals surface area contributed by atoms with E-state index >= 15 is 0 Å². The maximum absolute atomic E-state index is 12.2. The predicted molar refractivity (Wildman–Crippen MR) is 123 cm³/mol. The third kappa shape index (κ3) is 3.41. The van der Waals surface area contributed by atoms with Crippen LogP contribution in [-0.4, -0.2) is 48.5 Å². The zero-order chi connectivity index (χ0) is 21.8. The van der Waals surface area contributed by atoms with Gasteiger partial charge in [0, 0.05) is 0 Å². The van der Waals surface area contributed by atoms with Crippen molar-refractivity contribution in [2.45, 2.75) is 69.6 Å². The summed E-state index contributed by atoms with van der Waals surface area (Å²) in [4.78, 5) is 3.18. The van der Waals surface area contributed by atoms with Gasteiger partial charge in [-0.15, -0.1) is 0 Å². The number of benzene rings is 2. The van der Waals surface area contributed by atoms with Crippen LogP contribution in [0.3, 0.4) is 0 Å². The molecule has 2 saturated heterocycles. The van der Waals surface area contributed by atoms with Gasteiger partial charge in [-0.05, 0) is 52.7 Å². The van der Waals surface area contributed by atoms with Crippen molar-refractivity contribution >= 4 is 0 Å². The fourth-order valence-electron chi connectivity index (χ4n) is 6.01. The summed E-state index contributed by atoms with van der Waals surface area (Å²) in [7, 11) is 0. The Balaban J connectivity index is 1.97. The molecule has 3 N–H and O–H groups in total. The Hall–Kier alpha value is -1.68. The minimum absolute atomic E-state index is 0.124. The molecule has 0 unspecified atom stereocenters. The van der Waals surface area contributed by atoms with Gasteiger partial charge in [0.15, 0.2) is 0 Å². The van der Waals surface area contributed by atoms with E-state index in [9.17, 15) is 5.11 Å². The number of hydrogen-bond donors (Lipinski definition) is 3. The number of rotatable bonds is 2. The molecule has 0 amide bonds. The number of nitrogens with one attached hydrogen (secondary N) is 2. The molecule has 2 aliphatic rings. The van der Waals surface area contributed by atoms with Gasteiger partial charge in [-0.1, -0.05) is 60.7 Å². The van der Waals surface area contributed by atoms with E-state index in [2.05, 4.69) is 102 Å². The van der Waals surface area contributed by atoms with Crippen molar-refractivity contribution in [3.8, 4) is 0 Å². The van der Waals surface area contributed by atoms with E-state index < -0.39 is 6.10 Å². The minimum atomic E-state index is -0.396. The first-order valence-electron chi connectivity index (χ1n) is 11.5. The lowest BCUT2D eigenvalue weighted by Crippen LogP contribution is -3.31. The summed E-state index contributed by atoms with van der Waals surface area (Å²) >= 11 is 0. The van der Waals surface area contributed by atoms with Gasteiger partial charge in [0.1, 0.15) is 10.8 Å². The SMILES string of the molecule is CC(C)(C)[NH+]1CC2(c3ccccc3)C[NH+](C(C)(C)C)CC(c3ccccc3)(C1)C2O. The van der Waals surface area contributed by atoms with E-state index in [1.165, 1.54) is 11.1 Å². The average molecular weight is 409 g/mol. The zero-order valence-electron chi connectivity index (χ0n) is 19.6. The quantitative estimate of drug-likeness (QED) is 0.693. The largest absolute Gasteiger partial charge is 0.390 e. The molecular weight excluding hydrogens is 368 g/mol. The van der Waals surface area contributed by atoms with Crippen molar-refractivity contribution < 1.29 is 14.9 Å². The van der Waals surface area contributed by atoms with Crippen LogP contribution in [0, 0.1) is 0 Å². The summed E-state index contributed by atoms with van der Waals surface area (Å²) in [6.45, 7) is 18.0. The van der Waals surface area contributed by atoms with Crippen LogP contribution >= 0.6 is 0 Å². The lowest BCUT2D eigenvalue weighted by Gasteiger charge is -2.61. The molecule has 2 aromatic carbocycles. The van der Waals surface area contributed by atoms with E-state index in [1.807, 2.05) is 0 Å². The Morgan fingerprint density at radius 1 is 0.633 bits per heavy atom. The van der Waals surface area contributed by atoms with Crippen LogP contribution < -0.4 is 9.80 Å². The first kappa shape index (κ1) is 21.5. The maximum Gasteiger partial charge on any atom is 0.120 e. The highest BCUT2D eigenvalue weighted by molar-refractivity contribution is 5.37. The van der Waals surface area contributed by atoms with Crippen molar-refractivity contribution in [3.05, 3.63) is 71.8 Å². The van der Waals surface area contributed by atoms with Crippen molar-refractivity contribution in [1.82, 2.24) is 0 Å². The average Bonchev–Trinajstić information content (AvgIpc) is 2.68. The summed E-state index contributed by atoms with van der Waals surface area (Å²) in [5, 5.41) is 12.2. The molecule has 2 heterocycles. The molecular formula is C27H40N2O+2. The predicted octanol–water partition coefficient (Wildman–Crippen LogP) is 1.62. The van der Waals surface area contributed by atoms with Crippen LogP contribution in [0.1, 0.15) is 52.7 Å². The summed E-state index contributed by atoms with van der Waals surface area (Å²) in [6, 6.07) is 21.7. The third-order valence-electron chi connectivity index (χ3n) is 7.98. The van der Waals surface area contributed by atoms with Gasteiger partial charge in [-0.3, -0.25) is 0 Å². The normalized spacial score (nSPS) is 34.6. The molecule has 30 heavy (non-hydrogen) atoms. The first-order chi connectivity index (χ1) is 14.0. The fraction of sp³-hybridized carbons (Fsp3) is 0.556. The Morgan fingerprint density at radius 2 is 0.933 bits per heavy atom. The molecule has 0 aliphatic carbocycles. The van der Waals surface area contributed by atoms with Crippen LogP contribution in [0.4, 0.5) is 0 Å². The van der Waals surface area contributed by atoms with Gasteiger partial charge in [0.25, 0.3) is 0 Å². The molecule has 2 aromatic rings. The number of aliphatic hydroxyl groups is 1. The molecule has 0 atom stereocenters. The fourth-order valence-corrected chi connectivity index (χ4v) is 6.01. The monoisotopic (exact) mass is 408 g/mol. The molecule has 0 spiro atoms. The molecule has 2 bridgehead atoms. The molecule has 0 radical (unpaired) electrons. The molecule has 162 valence electrons. The second-order valence-electron chi connectivity index (χ2n) is 11.9. The molecule has 4 rings (SSSR count). The molecule has 3 heteroatoms. The number of aliphatic hydroxyl groups excluding tert-OH is 1. The maximum atomic E-state index is 12.2. The Kier molecular flexibility index (Phi) is 5.16. The summed E-state index contributed by atoms with van der Waals surface area (Å²) in [5.74, 6) is 0. The van der Waals surface area contributed by atoms with Gasteiger partial charge in [0.2, 0.25) is 0 Å². The highest BCUT2D eigenvalue weighted by Gasteiger charge is 2.67. The number of likely N-dealkylation sites (tertiary alicyclic amines) is 2. The van der Waals surface area contributed by atoms with Crippen molar-refractivity contribution in [2.24, 2.45) is 0 Å². The lowest BCUT2D eigenvalue weighted by atomic mass is 9.55. The van der Waals surface area contributed by atoms with E-state index in [0.29, 0.717) is 0 Å². The topological polar surface area (TPSA) is 29.1 Å².